The van der Waals surface area contributed by atoms with Crippen molar-refractivity contribution >= 4 is 0 Å². The number of hydrogen-bond donors (Lipinski definition) is 1. The quantitative estimate of drug-likeness (QED) is 0.885. The largest absolute Gasteiger partial charge is 0.324 e. The van der Waals surface area contributed by atoms with Gasteiger partial charge in [-0.15, -0.1) is 0 Å². The Bertz CT molecular complexity index is 556. The van der Waals surface area contributed by atoms with Crippen molar-refractivity contribution in [1.82, 2.24) is 0 Å². The molecular formula is C18H21N. The van der Waals surface area contributed by atoms with E-state index in [4.69, 9.17) is 5.73 Å². The van der Waals surface area contributed by atoms with Crippen LogP contribution in [0, 0.1) is 5.92 Å². The van der Waals surface area contributed by atoms with Gasteiger partial charge >= 0.3 is 0 Å². The molecule has 3 rings (SSSR count). The highest BCUT2D eigenvalue weighted by molar-refractivity contribution is 5.36. The van der Waals surface area contributed by atoms with Gasteiger partial charge in [0.25, 0.3) is 0 Å². The topological polar surface area (TPSA) is 26.0 Å². The van der Waals surface area contributed by atoms with E-state index in [1.54, 1.807) is 0 Å². The predicted octanol–water partition coefficient (Wildman–Crippen LogP) is 3.66. The second-order valence-corrected chi connectivity index (χ2v) is 5.56. The molecule has 0 fully saturated rings. The van der Waals surface area contributed by atoms with E-state index in [9.17, 15) is 0 Å². The molecule has 1 aliphatic carbocycles. The molecule has 2 atom stereocenters. The summed E-state index contributed by atoms with van der Waals surface area (Å²) in [7, 11) is 0. The van der Waals surface area contributed by atoms with Crippen molar-refractivity contribution in [2.75, 3.05) is 0 Å². The van der Waals surface area contributed by atoms with E-state index >= 15 is 0 Å². The molecule has 2 aromatic carbocycles. The fourth-order valence-corrected chi connectivity index (χ4v) is 3.12. The zero-order valence-electron chi connectivity index (χ0n) is 11.5. The fraction of sp³-hybridized carbons (Fsp3) is 0.333. The van der Waals surface area contributed by atoms with Gasteiger partial charge in [0.05, 0.1) is 0 Å². The van der Waals surface area contributed by atoms with E-state index < -0.39 is 0 Å². The van der Waals surface area contributed by atoms with Crippen molar-refractivity contribution in [3.63, 3.8) is 0 Å². The Kier molecular flexibility index (Phi) is 3.39. The maximum absolute atomic E-state index is 6.39. The van der Waals surface area contributed by atoms with Crippen LogP contribution in [0.3, 0.4) is 0 Å². The molecule has 0 aromatic heterocycles. The molecule has 0 amide bonds. The summed E-state index contributed by atoms with van der Waals surface area (Å²) in [5.74, 6) is 0.546. The summed E-state index contributed by atoms with van der Waals surface area (Å²) in [6, 6.07) is 17.8. The Balaban J connectivity index is 1.75. The van der Waals surface area contributed by atoms with Crippen LogP contribution >= 0.6 is 0 Å². The molecule has 0 radical (unpaired) electrons. The lowest BCUT2D eigenvalue weighted by Crippen LogP contribution is -2.18. The van der Waals surface area contributed by atoms with Crippen LogP contribution < -0.4 is 5.73 Å². The molecule has 0 saturated heterocycles. The Labute approximate surface area is 115 Å². The van der Waals surface area contributed by atoms with Crippen LogP contribution in [0.1, 0.15) is 35.2 Å². The average molecular weight is 251 g/mol. The van der Waals surface area contributed by atoms with Crippen LogP contribution in [0.5, 0.6) is 0 Å². The number of hydrogen-bond acceptors (Lipinski definition) is 1. The first-order chi connectivity index (χ1) is 9.28. The van der Waals surface area contributed by atoms with Crippen LogP contribution in [0.15, 0.2) is 48.5 Å². The smallest absolute Gasteiger partial charge is 0.0332 e. The van der Waals surface area contributed by atoms with Crippen molar-refractivity contribution in [3.05, 3.63) is 70.8 Å². The van der Waals surface area contributed by atoms with E-state index in [0.29, 0.717) is 5.92 Å². The Morgan fingerprint density at radius 2 is 1.68 bits per heavy atom. The molecular weight excluding hydrogens is 230 g/mol. The molecule has 1 nitrogen and oxygen atoms in total. The summed E-state index contributed by atoms with van der Waals surface area (Å²) in [5.41, 5.74) is 12.0. The van der Waals surface area contributed by atoms with Gasteiger partial charge in [-0.3, -0.25) is 0 Å². The lowest BCUT2D eigenvalue weighted by Gasteiger charge is -2.16. The third-order valence-corrected chi connectivity index (χ3v) is 4.33. The SMILES string of the molecule is CCc1ccc(CC2Cc3ccccc3C2N)cc1. The summed E-state index contributed by atoms with van der Waals surface area (Å²) in [5, 5.41) is 0. The molecule has 1 aliphatic rings. The fourth-order valence-electron chi connectivity index (χ4n) is 3.12. The number of aryl methyl sites for hydroxylation is 1. The zero-order chi connectivity index (χ0) is 13.2. The molecule has 0 heterocycles. The first-order valence-corrected chi connectivity index (χ1v) is 7.19. The maximum Gasteiger partial charge on any atom is 0.0332 e. The van der Waals surface area contributed by atoms with Crippen LogP contribution in [0.2, 0.25) is 0 Å². The average Bonchev–Trinajstić information content (AvgIpc) is 2.77. The van der Waals surface area contributed by atoms with Gasteiger partial charge in [-0.05, 0) is 47.4 Å². The molecule has 2 unspecified atom stereocenters. The minimum atomic E-state index is 0.196. The Morgan fingerprint density at radius 1 is 1.00 bits per heavy atom. The van der Waals surface area contributed by atoms with Gasteiger partial charge in [-0.25, -0.2) is 0 Å². The Hall–Kier alpha value is -1.60. The van der Waals surface area contributed by atoms with Gasteiger partial charge < -0.3 is 5.73 Å². The molecule has 1 heteroatoms. The first kappa shape index (κ1) is 12.4. The predicted molar refractivity (Wildman–Crippen MR) is 80.1 cm³/mol. The van der Waals surface area contributed by atoms with Gasteiger partial charge in [0.15, 0.2) is 0 Å². The molecule has 2 aromatic rings. The summed E-state index contributed by atoms with van der Waals surface area (Å²) >= 11 is 0. The van der Waals surface area contributed by atoms with Crippen molar-refractivity contribution in [2.24, 2.45) is 11.7 Å². The third kappa shape index (κ3) is 2.43. The zero-order valence-corrected chi connectivity index (χ0v) is 11.5. The number of nitrogens with two attached hydrogens (primary N) is 1. The normalized spacial score (nSPS) is 21.4. The first-order valence-electron chi connectivity index (χ1n) is 7.19. The molecule has 0 saturated carbocycles. The van der Waals surface area contributed by atoms with E-state index in [-0.39, 0.29) is 6.04 Å². The standard InChI is InChI=1S/C18H21N/c1-2-13-7-9-14(10-8-13)11-16-12-15-5-3-4-6-17(15)18(16)19/h3-10,16,18H,2,11-12,19H2,1H3. The summed E-state index contributed by atoms with van der Waals surface area (Å²) in [4.78, 5) is 0. The second kappa shape index (κ2) is 5.18. The van der Waals surface area contributed by atoms with Crippen LogP contribution in [0.4, 0.5) is 0 Å². The van der Waals surface area contributed by atoms with Crippen molar-refractivity contribution in [2.45, 2.75) is 32.2 Å². The summed E-state index contributed by atoms with van der Waals surface area (Å²) in [6.07, 6.45) is 3.31. The number of fused-ring (bicyclic) bond motifs is 1. The molecule has 0 bridgehead atoms. The van der Waals surface area contributed by atoms with E-state index in [0.717, 1.165) is 19.3 Å². The lowest BCUT2D eigenvalue weighted by atomic mass is 9.93. The third-order valence-electron chi connectivity index (χ3n) is 4.33. The summed E-state index contributed by atoms with van der Waals surface area (Å²) < 4.78 is 0. The molecule has 0 spiro atoms. The highest BCUT2D eigenvalue weighted by Crippen LogP contribution is 2.36. The monoisotopic (exact) mass is 251 g/mol. The second-order valence-electron chi connectivity index (χ2n) is 5.56. The number of rotatable bonds is 3. The van der Waals surface area contributed by atoms with Gasteiger partial charge in [0.1, 0.15) is 0 Å². The Morgan fingerprint density at radius 3 is 2.37 bits per heavy atom. The van der Waals surface area contributed by atoms with Gasteiger partial charge in [0.2, 0.25) is 0 Å². The molecule has 2 N–H and O–H groups in total. The maximum atomic E-state index is 6.39. The van der Waals surface area contributed by atoms with Gasteiger partial charge in [0, 0.05) is 6.04 Å². The molecule has 19 heavy (non-hydrogen) atoms. The van der Waals surface area contributed by atoms with Crippen molar-refractivity contribution < 1.29 is 0 Å². The minimum Gasteiger partial charge on any atom is -0.324 e. The highest BCUT2D eigenvalue weighted by atomic mass is 14.7. The summed E-state index contributed by atoms with van der Waals surface area (Å²) in [6.45, 7) is 2.19. The van der Waals surface area contributed by atoms with Crippen LogP contribution in [-0.4, -0.2) is 0 Å². The van der Waals surface area contributed by atoms with Gasteiger partial charge in [-0.2, -0.15) is 0 Å². The minimum absolute atomic E-state index is 0.196. The lowest BCUT2D eigenvalue weighted by molar-refractivity contribution is 0.465. The van der Waals surface area contributed by atoms with Crippen LogP contribution in [-0.2, 0) is 19.3 Å². The molecule has 98 valence electrons. The highest BCUT2D eigenvalue weighted by Gasteiger charge is 2.29. The van der Waals surface area contributed by atoms with Gasteiger partial charge in [-0.1, -0.05) is 55.5 Å². The van der Waals surface area contributed by atoms with Crippen LogP contribution in [0.25, 0.3) is 0 Å². The van der Waals surface area contributed by atoms with E-state index in [1.165, 1.54) is 22.3 Å². The van der Waals surface area contributed by atoms with E-state index in [2.05, 4.69) is 55.5 Å². The number of benzene rings is 2. The van der Waals surface area contributed by atoms with Crippen molar-refractivity contribution in [1.29, 1.82) is 0 Å². The van der Waals surface area contributed by atoms with Crippen molar-refractivity contribution in [3.8, 4) is 0 Å². The molecule has 0 aliphatic heterocycles. The van der Waals surface area contributed by atoms with E-state index in [1.807, 2.05) is 0 Å².